The Hall–Kier alpha value is -9.30. The van der Waals surface area contributed by atoms with Gasteiger partial charge < -0.3 is 112 Å². The molecule has 0 aliphatic carbocycles. The molecule has 0 saturated carbocycles. The number of nitrogens with zero attached hydrogens (tertiary/aromatic N) is 16. The number of rotatable bonds is 26. The number of carbonyl (C=O) groups excluding carboxylic acids is 1. The fourth-order valence-corrected chi connectivity index (χ4v) is 15.9. The molecule has 54 nitrogen and oxygen atoms in total. The quantitative estimate of drug-likeness (QED) is 0.0138. The van der Waals surface area contributed by atoms with Crippen molar-refractivity contribution >= 4 is 86.8 Å². The van der Waals surface area contributed by atoms with E-state index in [2.05, 4.69) is 80.4 Å². The lowest BCUT2D eigenvalue weighted by Gasteiger charge is -2.22. The second-order valence-electron chi connectivity index (χ2n) is 26.4. The summed E-state index contributed by atoms with van der Waals surface area (Å²) in [5, 5.41) is 55.8. The van der Waals surface area contributed by atoms with Gasteiger partial charge in [-0.25, -0.2) is 63.0 Å². The normalized spacial score (nSPS) is 28.9. The number of nitrogen functional groups attached to an aromatic ring is 2. The minimum Gasteiger partial charge on any atom is -0.394 e. The molecule has 0 radical (unpaired) electrons. The maximum absolute atomic E-state index is 12.8. The molecular formula is C58H82N25O29P3. The molecule has 21 N–H and O–H groups in total. The van der Waals surface area contributed by atoms with Crippen LogP contribution >= 0.6 is 23.5 Å². The monoisotopic (exact) mass is 1690 g/mol. The first-order chi connectivity index (χ1) is 54.6. The average molecular weight is 1690 g/mol. The van der Waals surface area contributed by atoms with Crippen molar-refractivity contribution in [2.24, 2.45) is 16.5 Å². The number of aliphatic hydroxyl groups excluding tert-OH is 5. The standard InChI is InChI=1S/C20H28N9O10P.C20H27N8O9P.C18H27N8O10P/c1-2-22-19-25-16-15(17(32)26-19)23-7-28(16)13-3-9(31)12(38-13)6-36-40(34,35)39-10-4-14(37-11(10)5-30)29-8-24-18(21)27-20(29)33;1-3-11-12(5-15(35-11)28-8-23-19(21)26-20(28)31)37-38(32,33)34-6-13-10(29)4-14(36-13)27-7-22-16-17(27)24-9(2)25-18(16)30;1-7-22-15-14(16(29)23-7)21-6-26(15)13-2-8(28)11(35-13)5-33-37(31,32)36-9-3-12(34-10(9)4-27)24-18(30)25-17(19)20/h7-14,30-31H,2-6H2,1H3,(H,34,35)(H2,21,27,33)(H2,22,25,26,32);7-8,10-15,29H,3-6H2,1-2H3,(H,32,33)(H2,21,26,31)(H,24,25,30);6,8-13,27-28H,2-5H2,1H3,(H,31,32)(H,22,23,29)(H5,19,20,24,25,30)/t9?,10?,11-,12-,13-,14-;10?,11-,12?,13-,14-,15-;8?,9?,10-,11-,12+,13-/m111/s1. The Morgan fingerprint density at radius 3 is 1.26 bits per heavy atom. The van der Waals surface area contributed by atoms with Crippen LogP contribution in [0.2, 0.25) is 0 Å². The van der Waals surface area contributed by atoms with Crippen molar-refractivity contribution in [2.75, 3.05) is 56.4 Å². The highest BCUT2D eigenvalue weighted by molar-refractivity contribution is 7.48. The molecule has 6 fully saturated rings. The van der Waals surface area contributed by atoms with E-state index in [1.165, 1.54) is 39.0 Å². The highest BCUT2D eigenvalue weighted by Crippen LogP contribution is 2.52. The minimum atomic E-state index is -4.75. The van der Waals surface area contributed by atoms with Crippen LogP contribution in [0, 0.1) is 13.8 Å². The number of anilines is 3. The van der Waals surface area contributed by atoms with E-state index in [0.29, 0.717) is 24.6 Å². The average Bonchev–Trinajstić information content (AvgIpc) is 1.63. The van der Waals surface area contributed by atoms with Gasteiger partial charge in [0.2, 0.25) is 17.8 Å². The third kappa shape index (κ3) is 20.2. The van der Waals surface area contributed by atoms with Gasteiger partial charge in [-0.1, -0.05) is 6.92 Å². The molecule has 0 spiro atoms. The number of hydrogen-bond acceptors (Lipinski definition) is 39. The van der Waals surface area contributed by atoms with E-state index < -0.39 is 207 Å². The number of hydrogen-bond donors (Lipinski definition) is 17. The number of aromatic nitrogens is 18. The smallest absolute Gasteiger partial charge is 0.394 e. The van der Waals surface area contributed by atoms with Crippen LogP contribution in [0.4, 0.5) is 22.6 Å². The maximum Gasteiger partial charge on any atom is 0.472 e. The molecule has 8 aromatic rings. The van der Waals surface area contributed by atoms with Crippen LogP contribution in [-0.4, -0.2) is 259 Å². The fraction of sp³-hybridized carbons (Fsp3) is 0.603. The Morgan fingerprint density at radius 2 is 0.870 bits per heavy atom. The highest BCUT2D eigenvalue weighted by Gasteiger charge is 2.48. The number of H-pyrrole nitrogens is 3. The number of aliphatic imine (C=N–C) groups is 1. The van der Waals surface area contributed by atoms with Gasteiger partial charge in [0.05, 0.1) is 82.5 Å². The summed E-state index contributed by atoms with van der Waals surface area (Å²) >= 11 is 0. The molecule has 115 heavy (non-hydrogen) atoms. The summed E-state index contributed by atoms with van der Waals surface area (Å²) < 4.78 is 110. The summed E-state index contributed by atoms with van der Waals surface area (Å²) in [6.07, 6.45) is -10.3. The first-order valence-electron chi connectivity index (χ1n) is 35.1. The van der Waals surface area contributed by atoms with Gasteiger partial charge in [-0.05, 0) is 27.2 Å². The Kier molecular flexibility index (Phi) is 26.4. The molecule has 6 aliphatic rings. The maximum atomic E-state index is 12.8. The number of urea groups is 1. The van der Waals surface area contributed by atoms with Crippen molar-refractivity contribution in [3.8, 4) is 0 Å². The number of aromatic amines is 3. The van der Waals surface area contributed by atoms with Crippen molar-refractivity contribution in [3.63, 3.8) is 0 Å². The number of ether oxygens (including phenoxy) is 6. The molecule has 628 valence electrons. The summed E-state index contributed by atoms with van der Waals surface area (Å²) in [7, 11) is -14.1. The molecular weight excluding hydrogens is 1600 g/mol. The SMILES string of the molecule is CCNc1nc2c(ncn2[C@H]2CC(O)[C@@H](COP(=O)(O)OC3C[C@H](n4cnc(N)nc4=O)O[C@@H]3CO)O2)c(=O)[nH]1.CC[C@H]1O[C@@H](n2cnc(N)nc2=O)CC1OP(=O)(O)OC[C@H]1O[C@@H](n2cnc3c(=O)[nH]c(C)nc32)CC1O.Cc1nc2c(ncn2[C@H]2CC(O)[C@@H](COP(=O)(O)OC3C[C@@H](NC(=O)N=C(N)N)O[C@@H]3CO)O2)c(=O)[nH]1. The van der Waals surface area contributed by atoms with Crippen molar-refractivity contribution in [1.29, 1.82) is 0 Å². The van der Waals surface area contributed by atoms with Gasteiger partial charge in [0.15, 0.2) is 39.5 Å². The van der Waals surface area contributed by atoms with E-state index >= 15 is 0 Å². The van der Waals surface area contributed by atoms with Gasteiger partial charge in [0.1, 0.15) is 104 Å². The van der Waals surface area contributed by atoms with E-state index in [1.807, 2.05) is 6.92 Å². The zero-order chi connectivity index (χ0) is 82.7. The van der Waals surface area contributed by atoms with Crippen LogP contribution < -0.4 is 61.6 Å². The van der Waals surface area contributed by atoms with Crippen molar-refractivity contribution in [1.82, 2.24) is 92.9 Å². The van der Waals surface area contributed by atoms with Crippen LogP contribution in [0.3, 0.4) is 0 Å². The van der Waals surface area contributed by atoms with Crippen LogP contribution in [0.25, 0.3) is 33.5 Å². The van der Waals surface area contributed by atoms with Crippen molar-refractivity contribution in [2.45, 2.75) is 183 Å². The number of guanidine groups is 1. The van der Waals surface area contributed by atoms with Crippen molar-refractivity contribution < 1.29 is 114 Å². The molecule has 0 aromatic carbocycles. The second-order valence-corrected chi connectivity index (χ2v) is 30.7. The first-order valence-corrected chi connectivity index (χ1v) is 39.6. The van der Waals surface area contributed by atoms with Crippen molar-refractivity contribution in [3.05, 3.63) is 95.3 Å². The van der Waals surface area contributed by atoms with Crippen LogP contribution in [0.1, 0.15) is 102 Å². The van der Waals surface area contributed by atoms with Gasteiger partial charge in [-0.15, -0.1) is 0 Å². The molecule has 14 rings (SSSR count). The molecule has 0 bridgehead atoms. The molecule has 9 unspecified atom stereocenters. The number of fused-ring (bicyclic) bond motifs is 3. The van der Waals surface area contributed by atoms with Gasteiger partial charge >= 0.3 is 40.9 Å². The summed E-state index contributed by atoms with van der Waals surface area (Å²) in [6.45, 7) is 4.72. The molecule has 2 amide bonds. The van der Waals surface area contributed by atoms with Crippen LogP contribution in [-0.2, 0) is 69.3 Å². The van der Waals surface area contributed by atoms with Crippen LogP contribution in [0.15, 0.2) is 60.6 Å². The zero-order valence-electron chi connectivity index (χ0n) is 60.9. The Bertz CT molecular complexity index is 5310. The molecule has 57 heteroatoms. The Morgan fingerprint density at radius 1 is 0.513 bits per heavy atom. The number of nitrogens with one attached hydrogen (secondary N) is 5. The lowest BCUT2D eigenvalue weighted by Crippen LogP contribution is -2.35. The number of aliphatic hydroxyl groups is 5. The fourth-order valence-electron chi connectivity index (χ4n) is 13.1. The molecule has 21 atom stereocenters. The summed E-state index contributed by atoms with van der Waals surface area (Å²) in [5.74, 6) is 0.102. The lowest BCUT2D eigenvalue weighted by atomic mass is 10.1. The van der Waals surface area contributed by atoms with Gasteiger partial charge in [-0.3, -0.25) is 69.3 Å². The number of aryl methyl sites for hydroxylation is 2. The summed E-state index contributed by atoms with van der Waals surface area (Å²) in [4.78, 5) is 154. The van der Waals surface area contributed by atoms with Gasteiger partial charge in [0.25, 0.3) is 16.7 Å². The molecule has 6 saturated heterocycles. The lowest BCUT2D eigenvalue weighted by molar-refractivity contribution is -0.0565. The number of nitrogens with two attached hydrogens (primary N) is 4. The zero-order valence-corrected chi connectivity index (χ0v) is 63.6. The largest absolute Gasteiger partial charge is 0.472 e. The summed E-state index contributed by atoms with van der Waals surface area (Å²) in [5.41, 5.74) is 19.4. The number of imidazole rings is 3. The number of amides is 2. The summed E-state index contributed by atoms with van der Waals surface area (Å²) in [6, 6.07) is -0.909. The van der Waals surface area contributed by atoms with E-state index in [0.717, 1.165) is 15.5 Å². The number of carbonyl (C=O) groups is 1. The number of phosphoric ester groups is 3. The third-order valence-corrected chi connectivity index (χ3v) is 21.4. The molecule has 6 aliphatic heterocycles. The predicted molar refractivity (Wildman–Crippen MR) is 384 cm³/mol. The molecule has 8 aromatic heterocycles. The Balaban J connectivity index is 0.000000159. The topological polar surface area (TPSA) is 768 Å². The van der Waals surface area contributed by atoms with E-state index in [1.54, 1.807) is 20.8 Å². The minimum absolute atomic E-state index is 0.0590. The third-order valence-electron chi connectivity index (χ3n) is 18.4. The first kappa shape index (κ1) is 85.1. The van der Waals surface area contributed by atoms with E-state index in [4.69, 9.17) is 78.5 Å². The van der Waals surface area contributed by atoms with Gasteiger partial charge in [0, 0.05) is 45.1 Å². The Labute approximate surface area is 643 Å². The number of phosphoric acid groups is 3. The van der Waals surface area contributed by atoms with E-state index in [9.17, 15) is 82.7 Å². The predicted octanol–water partition coefficient (Wildman–Crippen LogP) is -4.60. The second kappa shape index (κ2) is 35.7. The van der Waals surface area contributed by atoms with Crippen LogP contribution in [0.5, 0.6) is 0 Å². The van der Waals surface area contributed by atoms with E-state index in [-0.39, 0.29) is 89.9 Å². The molecule has 14 heterocycles. The van der Waals surface area contributed by atoms with Gasteiger partial charge in [-0.2, -0.15) is 19.9 Å². The highest BCUT2D eigenvalue weighted by atomic mass is 31.2.